The predicted octanol–water partition coefficient (Wildman–Crippen LogP) is 1.10. The lowest BCUT2D eigenvalue weighted by atomic mass is 9.95. The van der Waals surface area contributed by atoms with Gasteiger partial charge in [0.1, 0.15) is 6.33 Å². The number of anilines is 1. The van der Waals surface area contributed by atoms with E-state index in [-0.39, 0.29) is 0 Å². The number of piperidine rings is 1. The summed E-state index contributed by atoms with van der Waals surface area (Å²) in [6, 6.07) is 0. The molecule has 0 spiro atoms. The van der Waals surface area contributed by atoms with Gasteiger partial charge >= 0.3 is 0 Å². The molecule has 4 nitrogen and oxygen atoms in total. The van der Waals surface area contributed by atoms with Crippen molar-refractivity contribution < 1.29 is 0 Å². The molecule has 1 saturated heterocycles. The van der Waals surface area contributed by atoms with E-state index >= 15 is 0 Å². The maximum Gasteiger partial charge on any atom is 0.204 e. The molecule has 1 atom stereocenters. The molecule has 1 aromatic rings. The fourth-order valence-electron chi connectivity index (χ4n) is 2.02. The Labute approximate surface area is 88.3 Å². The lowest BCUT2D eigenvalue weighted by Crippen LogP contribution is -2.36. The fourth-order valence-corrected chi connectivity index (χ4v) is 2.58. The smallest absolute Gasteiger partial charge is 0.204 e. The van der Waals surface area contributed by atoms with Crippen LogP contribution in [0.3, 0.4) is 0 Å². The quantitative estimate of drug-likeness (QED) is 0.815. The molecule has 0 amide bonds. The molecule has 0 aromatic carbocycles. The summed E-state index contributed by atoms with van der Waals surface area (Å²) in [5.74, 6) is 0.748. The molecule has 0 radical (unpaired) electrons. The Morgan fingerprint density at radius 2 is 2.57 bits per heavy atom. The zero-order valence-corrected chi connectivity index (χ0v) is 9.04. The van der Waals surface area contributed by atoms with Crippen LogP contribution in [0.15, 0.2) is 6.33 Å². The molecule has 0 bridgehead atoms. The standard InChI is InChI=1S/C9H16N4S/c10-4-3-8-2-1-5-13(6-8)9-11-7-12-14-9/h7-8H,1-6,10H2. The lowest BCUT2D eigenvalue weighted by molar-refractivity contribution is 0.396. The Morgan fingerprint density at radius 1 is 1.64 bits per heavy atom. The van der Waals surface area contributed by atoms with Gasteiger partial charge in [0.25, 0.3) is 0 Å². The molecule has 78 valence electrons. The third kappa shape index (κ3) is 2.22. The highest BCUT2D eigenvalue weighted by Crippen LogP contribution is 2.24. The van der Waals surface area contributed by atoms with E-state index in [1.165, 1.54) is 24.4 Å². The monoisotopic (exact) mass is 212 g/mol. The van der Waals surface area contributed by atoms with Crippen LogP contribution in [0.1, 0.15) is 19.3 Å². The van der Waals surface area contributed by atoms with Crippen molar-refractivity contribution in [3.63, 3.8) is 0 Å². The number of nitrogens with two attached hydrogens (primary N) is 1. The summed E-state index contributed by atoms with van der Waals surface area (Å²) in [4.78, 5) is 6.57. The summed E-state index contributed by atoms with van der Waals surface area (Å²) in [6.45, 7) is 3.03. The van der Waals surface area contributed by atoms with Crippen LogP contribution in [0, 0.1) is 5.92 Å². The normalized spacial score (nSPS) is 22.6. The second-order valence-electron chi connectivity index (χ2n) is 3.76. The third-order valence-corrected chi connectivity index (χ3v) is 3.44. The van der Waals surface area contributed by atoms with E-state index in [1.54, 1.807) is 6.33 Å². The minimum atomic E-state index is 0.748. The zero-order valence-electron chi connectivity index (χ0n) is 8.22. The second kappa shape index (κ2) is 4.70. The van der Waals surface area contributed by atoms with Crippen molar-refractivity contribution in [2.24, 2.45) is 11.7 Å². The van der Waals surface area contributed by atoms with E-state index in [0.29, 0.717) is 0 Å². The van der Waals surface area contributed by atoms with E-state index in [0.717, 1.165) is 37.1 Å². The van der Waals surface area contributed by atoms with Crippen molar-refractivity contribution in [1.29, 1.82) is 0 Å². The van der Waals surface area contributed by atoms with Gasteiger partial charge in [0.2, 0.25) is 5.13 Å². The van der Waals surface area contributed by atoms with E-state index in [1.807, 2.05) is 0 Å². The van der Waals surface area contributed by atoms with E-state index < -0.39 is 0 Å². The summed E-state index contributed by atoms with van der Waals surface area (Å²) in [5.41, 5.74) is 5.58. The molecule has 1 fully saturated rings. The summed E-state index contributed by atoms with van der Waals surface area (Å²) in [5, 5.41) is 1.06. The fraction of sp³-hybridized carbons (Fsp3) is 0.778. The first-order valence-electron chi connectivity index (χ1n) is 5.12. The average Bonchev–Trinajstić information content (AvgIpc) is 2.71. The van der Waals surface area contributed by atoms with Crippen LogP contribution in [-0.4, -0.2) is 29.0 Å². The second-order valence-corrected chi connectivity index (χ2v) is 4.51. The third-order valence-electron chi connectivity index (χ3n) is 2.71. The van der Waals surface area contributed by atoms with Crippen molar-refractivity contribution >= 4 is 16.7 Å². The Bertz CT molecular complexity index is 260. The SMILES string of the molecule is NCCC1CCCN(c2ncns2)C1. The van der Waals surface area contributed by atoms with Crippen LogP contribution >= 0.6 is 11.5 Å². The van der Waals surface area contributed by atoms with Gasteiger partial charge < -0.3 is 10.6 Å². The Hall–Kier alpha value is -0.680. The highest BCUT2D eigenvalue weighted by molar-refractivity contribution is 7.09. The van der Waals surface area contributed by atoms with E-state index in [4.69, 9.17) is 5.73 Å². The number of hydrogen-bond acceptors (Lipinski definition) is 5. The highest BCUT2D eigenvalue weighted by atomic mass is 32.1. The minimum Gasteiger partial charge on any atom is -0.347 e. The molecule has 5 heteroatoms. The summed E-state index contributed by atoms with van der Waals surface area (Å²) < 4.78 is 4.03. The van der Waals surface area contributed by atoms with Crippen LogP contribution in [0.25, 0.3) is 0 Å². The van der Waals surface area contributed by atoms with Crippen molar-refractivity contribution in [3.8, 4) is 0 Å². The van der Waals surface area contributed by atoms with Crippen molar-refractivity contribution in [2.45, 2.75) is 19.3 Å². The van der Waals surface area contributed by atoms with Gasteiger partial charge in [0.05, 0.1) is 0 Å². The molecule has 1 aliphatic heterocycles. The molecule has 2 rings (SSSR count). The van der Waals surface area contributed by atoms with Gasteiger partial charge in [-0.05, 0) is 31.7 Å². The molecular weight excluding hydrogens is 196 g/mol. The lowest BCUT2D eigenvalue weighted by Gasteiger charge is -2.31. The highest BCUT2D eigenvalue weighted by Gasteiger charge is 2.20. The first-order chi connectivity index (χ1) is 6.90. The minimum absolute atomic E-state index is 0.748. The number of nitrogens with zero attached hydrogens (tertiary/aromatic N) is 3. The number of hydrogen-bond donors (Lipinski definition) is 1. The van der Waals surface area contributed by atoms with Crippen molar-refractivity contribution in [1.82, 2.24) is 9.36 Å². The van der Waals surface area contributed by atoms with Crippen LogP contribution in [0.2, 0.25) is 0 Å². The molecule has 0 saturated carbocycles. The molecular formula is C9H16N4S. The van der Waals surface area contributed by atoms with Gasteiger partial charge in [-0.2, -0.15) is 4.37 Å². The molecule has 14 heavy (non-hydrogen) atoms. The van der Waals surface area contributed by atoms with Crippen molar-refractivity contribution in [3.05, 3.63) is 6.33 Å². The molecule has 2 heterocycles. The van der Waals surface area contributed by atoms with Gasteiger partial charge in [-0.3, -0.25) is 0 Å². The molecule has 1 aliphatic rings. The topological polar surface area (TPSA) is 55.0 Å². The van der Waals surface area contributed by atoms with Gasteiger partial charge in [-0.15, -0.1) is 0 Å². The van der Waals surface area contributed by atoms with Gasteiger partial charge in [-0.1, -0.05) is 0 Å². The summed E-state index contributed by atoms with van der Waals surface area (Å²) in [6.07, 6.45) is 5.33. The maximum atomic E-state index is 5.58. The first kappa shape index (κ1) is 9.86. The Morgan fingerprint density at radius 3 is 3.29 bits per heavy atom. The average molecular weight is 212 g/mol. The van der Waals surface area contributed by atoms with E-state index in [9.17, 15) is 0 Å². The molecule has 1 aromatic heterocycles. The maximum absolute atomic E-state index is 5.58. The molecule has 0 aliphatic carbocycles. The number of rotatable bonds is 3. The Kier molecular flexibility index (Phi) is 3.31. The van der Waals surface area contributed by atoms with E-state index in [2.05, 4.69) is 14.3 Å². The van der Waals surface area contributed by atoms with Crippen LogP contribution in [0.4, 0.5) is 5.13 Å². The molecule has 1 unspecified atom stereocenters. The summed E-state index contributed by atoms with van der Waals surface area (Å²) >= 11 is 1.48. The van der Waals surface area contributed by atoms with Crippen LogP contribution < -0.4 is 10.6 Å². The van der Waals surface area contributed by atoms with Crippen LogP contribution in [-0.2, 0) is 0 Å². The van der Waals surface area contributed by atoms with Crippen molar-refractivity contribution in [2.75, 3.05) is 24.5 Å². The van der Waals surface area contributed by atoms with Gasteiger partial charge in [0, 0.05) is 24.6 Å². The van der Waals surface area contributed by atoms with Crippen LogP contribution in [0.5, 0.6) is 0 Å². The first-order valence-corrected chi connectivity index (χ1v) is 5.89. The summed E-state index contributed by atoms with van der Waals surface area (Å²) in [7, 11) is 0. The van der Waals surface area contributed by atoms with Gasteiger partial charge in [0.15, 0.2) is 0 Å². The molecule has 2 N–H and O–H groups in total. The number of aromatic nitrogens is 2. The zero-order chi connectivity index (χ0) is 9.80. The Balaban J connectivity index is 1.94. The van der Waals surface area contributed by atoms with Gasteiger partial charge in [-0.25, -0.2) is 4.98 Å². The largest absolute Gasteiger partial charge is 0.347 e. The predicted molar refractivity (Wildman–Crippen MR) is 58.5 cm³/mol.